The summed E-state index contributed by atoms with van der Waals surface area (Å²) in [5, 5.41) is 13.4. The van der Waals surface area contributed by atoms with E-state index in [2.05, 4.69) is 20.6 Å². The van der Waals surface area contributed by atoms with Gasteiger partial charge in [-0.1, -0.05) is 23.7 Å². The molecule has 26 heavy (non-hydrogen) atoms. The Kier molecular flexibility index (Phi) is 4.76. The number of halogens is 1. The molecule has 3 aromatic rings. The standard InChI is InChI=1S/C17H11ClN4O4/c18-11-7-9(5-6-10(11)16(24)25)20-17(26)22-15(23)14-8-19-12-3-1-2-4-13(12)21-14/h1-8H,(H,24,25)(H2,20,22,23,26). The number of aromatic carboxylic acids is 1. The SMILES string of the molecule is O=C(NC(=O)c1cnc2ccccc2n1)Nc1ccc(C(=O)O)c(Cl)c1. The third kappa shape index (κ3) is 3.76. The average molecular weight is 371 g/mol. The number of hydrogen-bond donors (Lipinski definition) is 3. The van der Waals surface area contributed by atoms with Crippen molar-refractivity contribution in [2.75, 3.05) is 5.32 Å². The van der Waals surface area contributed by atoms with E-state index < -0.39 is 17.9 Å². The molecule has 0 atom stereocenters. The number of anilines is 1. The van der Waals surface area contributed by atoms with Crippen molar-refractivity contribution in [1.29, 1.82) is 0 Å². The zero-order valence-corrected chi connectivity index (χ0v) is 13.8. The number of carboxylic acids is 1. The van der Waals surface area contributed by atoms with E-state index in [9.17, 15) is 14.4 Å². The van der Waals surface area contributed by atoms with E-state index in [1.807, 2.05) is 0 Å². The minimum absolute atomic E-state index is 0.0156. The molecule has 3 amide bonds. The number of nitrogens with zero attached hydrogens (tertiary/aromatic N) is 2. The van der Waals surface area contributed by atoms with Crippen LogP contribution in [0.5, 0.6) is 0 Å². The minimum atomic E-state index is -1.18. The molecule has 0 fully saturated rings. The van der Waals surface area contributed by atoms with Crippen molar-refractivity contribution in [2.24, 2.45) is 0 Å². The van der Waals surface area contributed by atoms with E-state index in [0.717, 1.165) is 0 Å². The monoisotopic (exact) mass is 370 g/mol. The lowest BCUT2D eigenvalue weighted by atomic mass is 10.2. The lowest BCUT2D eigenvalue weighted by molar-refractivity contribution is 0.0696. The van der Waals surface area contributed by atoms with Gasteiger partial charge in [0.25, 0.3) is 5.91 Å². The summed E-state index contributed by atoms with van der Waals surface area (Å²) in [6, 6.07) is 10.1. The molecule has 9 heteroatoms. The Morgan fingerprint density at radius 2 is 1.77 bits per heavy atom. The van der Waals surface area contributed by atoms with Gasteiger partial charge in [-0.2, -0.15) is 0 Å². The van der Waals surface area contributed by atoms with Gasteiger partial charge in [0.2, 0.25) is 0 Å². The lowest BCUT2D eigenvalue weighted by Crippen LogP contribution is -2.34. The number of carbonyl (C=O) groups excluding carboxylic acids is 2. The summed E-state index contributed by atoms with van der Waals surface area (Å²) in [7, 11) is 0. The Balaban J connectivity index is 1.69. The Morgan fingerprint density at radius 1 is 1.04 bits per heavy atom. The van der Waals surface area contributed by atoms with E-state index in [1.165, 1.54) is 24.4 Å². The second kappa shape index (κ2) is 7.16. The third-order valence-electron chi connectivity index (χ3n) is 3.37. The van der Waals surface area contributed by atoms with Crippen molar-refractivity contribution in [3.63, 3.8) is 0 Å². The Bertz CT molecular complexity index is 1040. The number of amides is 3. The summed E-state index contributed by atoms with van der Waals surface area (Å²) >= 11 is 5.83. The van der Waals surface area contributed by atoms with Crippen molar-refractivity contribution >= 4 is 46.2 Å². The average Bonchev–Trinajstić information content (AvgIpc) is 2.60. The van der Waals surface area contributed by atoms with Crippen LogP contribution in [0.4, 0.5) is 10.5 Å². The highest BCUT2D eigenvalue weighted by Crippen LogP contribution is 2.21. The van der Waals surface area contributed by atoms with Crippen LogP contribution >= 0.6 is 11.6 Å². The van der Waals surface area contributed by atoms with Gasteiger partial charge >= 0.3 is 12.0 Å². The molecule has 0 spiro atoms. The molecule has 0 aliphatic heterocycles. The molecule has 1 heterocycles. The second-order valence-corrected chi connectivity index (χ2v) is 5.56. The van der Waals surface area contributed by atoms with E-state index in [-0.39, 0.29) is 22.0 Å². The van der Waals surface area contributed by atoms with Crippen molar-refractivity contribution in [3.8, 4) is 0 Å². The Hall–Kier alpha value is -3.52. The van der Waals surface area contributed by atoms with E-state index in [1.54, 1.807) is 24.3 Å². The molecular weight excluding hydrogens is 360 g/mol. The molecular formula is C17H11ClN4O4. The Morgan fingerprint density at radius 3 is 2.46 bits per heavy atom. The molecule has 0 aliphatic carbocycles. The van der Waals surface area contributed by atoms with Gasteiger partial charge in [-0.15, -0.1) is 0 Å². The fraction of sp³-hybridized carbons (Fsp3) is 0. The van der Waals surface area contributed by atoms with Crippen LogP contribution in [0.2, 0.25) is 5.02 Å². The zero-order chi connectivity index (χ0) is 18.7. The van der Waals surface area contributed by atoms with Crippen LogP contribution in [0.25, 0.3) is 11.0 Å². The van der Waals surface area contributed by atoms with Crippen LogP contribution in [0.1, 0.15) is 20.8 Å². The van der Waals surface area contributed by atoms with Crippen LogP contribution < -0.4 is 10.6 Å². The summed E-state index contributed by atoms with van der Waals surface area (Å²) in [5.74, 6) is -1.91. The van der Waals surface area contributed by atoms with E-state index in [0.29, 0.717) is 11.0 Å². The quantitative estimate of drug-likeness (QED) is 0.651. The number of para-hydroxylation sites is 2. The number of hydrogen-bond acceptors (Lipinski definition) is 5. The first kappa shape index (κ1) is 17.3. The smallest absolute Gasteiger partial charge is 0.337 e. The molecule has 2 aromatic carbocycles. The first-order chi connectivity index (χ1) is 12.4. The molecule has 0 unspecified atom stereocenters. The van der Waals surface area contributed by atoms with E-state index >= 15 is 0 Å². The molecule has 0 saturated heterocycles. The summed E-state index contributed by atoms with van der Waals surface area (Å²) in [6.07, 6.45) is 1.27. The van der Waals surface area contributed by atoms with Gasteiger partial charge in [0.05, 0.1) is 27.8 Å². The zero-order valence-electron chi connectivity index (χ0n) is 13.1. The van der Waals surface area contributed by atoms with Crippen LogP contribution in [0.3, 0.4) is 0 Å². The molecule has 8 nitrogen and oxygen atoms in total. The molecule has 130 valence electrons. The third-order valence-corrected chi connectivity index (χ3v) is 3.68. The number of fused-ring (bicyclic) bond motifs is 1. The van der Waals surface area contributed by atoms with Gasteiger partial charge < -0.3 is 10.4 Å². The predicted molar refractivity (Wildman–Crippen MR) is 94.4 cm³/mol. The largest absolute Gasteiger partial charge is 0.478 e. The second-order valence-electron chi connectivity index (χ2n) is 5.15. The van der Waals surface area contributed by atoms with Gasteiger partial charge in [0, 0.05) is 5.69 Å². The van der Waals surface area contributed by atoms with Crippen molar-refractivity contribution in [1.82, 2.24) is 15.3 Å². The number of rotatable bonds is 3. The molecule has 1 aromatic heterocycles. The van der Waals surface area contributed by atoms with Gasteiger partial charge in [-0.3, -0.25) is 15.1 Å². The van der Waals surface area contributed by atoms with Gasteiger partial charge in [-0.25, -0.2) is 14.6 Å². The molecule has 3 rings (SSSR count). The highest BCUT2D eigenvalue weighted by atomic mass is 35.5. The lowest BCUT2D eigenvalue weighted by Gasteiger charge is -2.08. The normalized spacial score (nSPS) is 10.3. The van der Waals surface area contributed by atoms with Crippen LogP contribution in [0.15, 0.2) is 48.7 Å². The highest BCUT2D eigenvalue weighted by Gasteiger charge is 2.14. The van der Waals surface area contributed by atoms with Gasteiger partial charge in [0.15, 0.2) is 0 Å². The summed E-state index contributed by atoms with van der Waals surface area (Å²) in [5.41, 5.74) is 1.27. The summed E-state index contributed by atoms with van der Waals surface area (Å²) < 4.78 is 0. The maximum absolute atomic E-state index is 12.1. The topological polar surface area (TPSA) is 121 Å². The van der Waals surface area contributed by atoms with Crippen molar-refractivity contribution in [3.05, 3.63) is 64.9 Å². The van der Waals surface area contributed by atoms with Gasteiger partial charge in [-0.05, 0) is 30.3 Å². The van der Waals surface area contributed by atoms with Crippen molar-refractivity contribution in [2.45, 2.75) is 0 Å². The maximum atomic E-state index is 12.1. The molecule has 0 saturated carbocycles. The molecule has 3 N–H and O–H groups in total. The fourth-order valence-electron chi connectivity index (χ4n) is 2.16. The number of aromatic nitrogens is 2. The molecule has 0 aliphatic rings. The fourth-order valence-corrected chi connectivity index (χ4v) is 2.42. The summed E-state index contributed by atoms with van der Waals surface area (Å²) in [6.45, 7) is 0. The number of nitrogens with one attached hydrogen (secondary N) is 2. The summed E-state index contributed by atoms with van der Waals surface area (Å²) in [4.78, 5) is 43.2. The first-order valence-electron chi connectivity index (χ1n) is 7.31. The Labute approximate surface area is 151 Å². The maximum Gasteiger partial charge on any atom is 0.337 e. The van der Waals surface area contributed by atoms with Crippen LogP contribution in [-0.4, -0.2) is 33.0 Å². The highest BCUT2D eigenvalue weighted by molar-refractivity contribution is 6.33. The molecule has 0 radical (unpaired) electrons. The minimum Gasteiger partial charge on any atom is -0.478 e. The van der Waals surface area contributed by atoms with E-state index in [4.69, 9.17) is 16.7 Å². The number of carboxylic acid groups (broad SMARTS) is 1. The predicted octanol–water partition coefficient (Wildman–Crippen LogP) is 2.94. The number of carbonyl (C=O) groups is 3. The number of benzene rings is 2. The van der Waals surface area contributed by atoms with Crippen LogP contribution in [0, 0.1) is 0 Å². The number of imide groups is 1. The first-order valence-corrected chi connectivity index (χ1v) is 7.69. The number of urea groups is 1. The van der Waals surface area contributed by atoms with Crippen LogP contribution in [-0.2, 0) is 0 Å². The van der Waals surface area contributed by atoms with Gasteiger partial charge in [0.1, 0.15) is 5.69 Å². The van der Waals surface area contributed by atoms with Crippen molar-refractivity contribution < 1.29 is 19.5 Å². The molecule has 0 bridgehead atoms.